The smallest absolute Gasteiger partial charge is 0.0888 e. The van der Waals surface area contributed by atoms with Crippen molar-refractivity contribution in [1.82, 2.24) is 5.32 Å². The summed E-state index contributed by atoms with van der Waals surface area (Å²) < 4.78 is 0. The highest BCUT2D eigenvalue weighted by Crippen LogP contribution is 1.64. The Balaban J connectivity index is 2.97. The maximum atomic E-state index is 5.13. The first kappa shape index (κ1) is 6.08. The van der Waals surface area contributed by atoms with Crippen molar-refractivity contribution in [2.75, 3.05) is 6.54 Å². The van der Waals surface area contributed by atoms with Crippen LogP contribution < -0.4 is 11.1 Å². The summed E-state index contributed by atoms with van der Waals surface area (Å²) in [5.41, 5.74) is 5.13. The molecule has 0 atom stereocenters. The van der Waals surface area contributed by atoms with E-state index in [9.17, 15) is 0 Å². The summed E-state index contributed by atoms with van der Waals surface area (Å²) in [4.78, 5) is 0. The Hall–Kier alpha value is -0.920. The van der Waals surface area contributed by atoms with E-state index in [1.807, 2.05) is 0 Å². The second-order valence-electron chi connectivity index (χ2n) is 1.19. The van der Waals surface area contributed by atoms with Crippen LogP contribution in [-0.4, -0.2) is 6.54 Å². The van der Waals surface area contributed by atoms with Gasteiger partial charge in [-0.25, -0.2) is 0 Å². The fourth-order valence-electron chi connectivity index (χ4n) is 0.203. The summed E-state index contributed by atoms with van der Waals surface area (Å²) in [5, 5.41) is 2.76. The summed E-state index contributed by atoms with van der Waals surface area (Å²) in [6.45, 7) is 7.57. The molecule has 2 nitrogen and oxygen atoms in total. The molecular weight excluding hydrogens is 88.1 g/mol. The van der Waals surface area contributed by atoms with Gasteiger partial charge in [0.1, 0.15) is 0 Å². The third kappa shape index (κ3) is 5.08. The molecule has 0 bridgehead atoms. The molecule has 0 saturated heterocycles. The van der Waals surface area contributed by atoms with Crippen molar-refractivity contribution in [2.45, 2.75) is 0 Å². The lowest BCUT2D eigenvalue weighted by Crippen LogP contribution is -2.17. The van der Waals surface area contributed by atoms with Gasteiger partial charge in [-0.3, -0.25) is 0 Å². The lowest BCUT2D eigenvalue weighted by molar-refractivity contribution is 0.894. The Kier molecular flexibility index (Phi) is 2.85. The van der Waals surface area contributed by atoms with Gasteiger partial charge in [-0.1, -0.05) is 12.7 Å². The Morgan fingerprint density at radius 3 is 2.57 bits per heavy atom. The molecule has 0 aromatic rings. The van der Waals surface area contributed by atoms with E-state index in [1.54, 1.807) is 6.08 Å². The Morgan fingerprint density at radius 2 is 2.43 bits per heavy atom. The van der Waals surface area contributed by atoms with Gasteiger partial charge in [0, 0.05) is 6.54 Å². The molecule has 0 amide bonds. The predicted octanol–water partition coefficient (Wildman–Crippen LogP) is 0.192. The lowest BCUT2D eigenvalue weighted by atomic mass is 10.6. The van der Waals surface area contributed by atoms with E-state index < -0.39 is 0 Å². The van der Waals surface area contributed by atoms with Gasteiger partial charge in [0.25, 0.3) is 0 Å². The fourth-order valence-corrected chi connectivity index (χ4v) is 0.203. The summed E-state index contributed by atoms with van der Waals surface area (Å²) in [6, 6.07) is 0. The van der Waals surface area contributed by atoms with Crippen LogP contribution >= 0.6 is 0 Å². The monoisotopic (exact) mass is 98.1 g/mol. The first-order valence-corrected chi connectivity index (χ1v) is 2.06. The van der Waals surface area contributed by atoms with Crippen molar-refractivity contribution in [3.05, 3.63) is 25.1 Å². The van der Waals surface area contributed by atoms with Crippen molar-refractivity contribution < 1.29 is 0 Å². The van der Waals surface area contributed by atoms with Gasteiger partial charge in [-0.05, 0) is 0 Å². The molecule has 7 heavy (non-hydrogen) atoms. The van der Waals surface area contributed by atoms with E-state index in [0.29, 0.717) is 12.4 Å². The minimum Gasteiger partial charge on any atom is -0.386 e. The topological polar surface area (TPSA) is 38.0 Å². The van der Waals surface area contributed by atoms with Crippen LogP contribution in [0.4, 0.5) is 0 Å². The summed E-state index contributed by atoms with van der Waals surface area (Å²) >= 11 is 0. The van der Waals surface area contributed by atoms with Crippen molar-refractivity contribution in [3.8, 4) is 0 Å². The maximum absolute atomic E-state index is 5.13. The summed E-state index contributed by atoms with van der Waals surface area (Å²) in [5.74, 6) is 0.486. The molecule has 0 radical (unpaired) electrons. The van der Waals surface area contributed by atoms with Crippen LogP contribution in [-0.2, 0) is 0 Å². The minimum atomic E-state index is 0.486. The quantitative estimate of drug-likeness (QED) is 0.494. The molecule has 0 heterocycles. The zero-order valence-corrected chi connectivity index (χ0v) is 4.28. The molecule has 0 aliphatic heterocycles. The molecule has 0 aromatic carbocycles. The molecule has 0 fully saturated rings. The van der Waals surface area contributed by atoms with E-state index in [1.165, 1.54) is 0 Å². The molecular formula is C5H10N2. The lowest BCUT2D eigenvalue weighted by Gasteiger charge is -1.96. The molecule has 0 aliphatic rings. The third-order valence-electron chi connectivity index (χ3n) is 0.473. The van der Waals surface area contributed by atoms with Crippen LogP contribution in [0, 0.1) is 0 Å². The van der Waals surface area contributed by atoms with E-state index in [0.717, 1.165) is 0 Å². The van der Waals surface area contributed by atoms with Crippen molar-refractivity contribution in [3.63, 3.8) is 0 Å². The first-order chi connectivity index (χ1) is 3.27. The van der Waals surface area contributed by atoms with Gasteiger partial charge < -0.3 is 11.1 Å². The summed E-state index contributed by atoms with van der Waals surface area (Å²) in [7, 11) is 0. The highest BCUT2D eigenvalue weighted by Gasteiger charge is 1.73. The molecule has 0 aliphatic carbocycles. The number of hydrogen-bond acceptors (Lipinski definition) is 2. The van der Waals surface area contributed by atoms with Crippen LogP contribution in [0.2, 0.25) is 0 Å². The molecule has 0 spiro atoms. The molecule has 0 rings (SSSR count). The highest BCUT2D eigenvalue weighted by molar-refractivity contribution is 4.85. The molecule has 0 aromatic heterocycles. The van der Waals surface area contributed by atoms with E-state index in [4.69, 9.17) is 5.73 Å². The van der Waals surface area contributed by atoms with Crippen LogP contribution in [0.3, 0.4) is 0 Å². The van der Waals surface area contributed by atoms with Gasteiger partial charge in [0.15, 0.2) is 0 Å². The summed E-state index contributed by atoms with van der Waals surface area (Å²) in [6.07, 6.45) is 1.72. The normalized spacial score (nSPS) is 7.43. The van der Waals surface area contributed by atoms with Crippen LogP contribution in [0.15, 0.2) is 25.1 Å². The Bertz CT molecular complexity index is 76.1. The Labute approximate surface area is 43.7 Å². The molecule has 40 valence electrons. The number of rotatable bonds is 3. The first-order valence-electron chi connectivity index (χ1n) is 2.06. The van der Waals surface area contributed by atoms with E-state index in [-0.39, 0.29) is 0 Å². The zero-order valence-electron chi connectivity index (χ0n) is 4.28. The van der Waals surface area contributed by atoms with E-state index in [2.05, 4.69) is 18.5 Å². The average Bonchev–Trinajstić information content (AvgIpc) is 1.61. The number of nitrogens with one attached hydrogen (secondary N) is 1. The SMILES string of the molecule is C=CCNC(=C)N. The molecule has 2 heteroatoms. The average molecular weight is 98.1 g/mol. The second kappa shape index (κ2) is 3.28. The van der Waals surface area contributed by atoms with Crippen LogP contribution in [0.25, 0.3) is 0 Å². The fraction of sp³-hybridized carbons (Fsp3) is 0.200. The van der Waals surface area contributed by atoms with Gasteiger partial charge in [-0.2, -0.15) is 0 Å². The van der Waals surface area contributed by atoms with Crippen LogP contribution in [0.1, 0.15) is 0 Å². The van der Waals surface area contributed by atoms with Gasteiger partial charge >= 0.3 is 0 Å². The van der Waals surface area contributed by atoms with Gasteiger partial charge in [-0.15, -0.1) is 6.58 Å². The molecule has 0 saturated carbocycles. The van der Waals surface area contributed by atoms with Gasteiger partial charge in [0.2, 0.25) is 0 Å². The molecule has 0 unspecified atom stereocenters. The van der Waals surface area contributed by atoms with Crippen molar-refractivity contribution in [2.24, 2.45) is 5.73 Å². The highest BCUT2D eigenvalue weighted by atomic mass is 15.0. The minimum absolute atomic E-state index is 0.486. The third-order valence-corrected chi connectivity index (χ3v) is 0.473. The number of nitrogens with two attached hydrogens (primary N) is 1. The van der Waals surface area contributed by atoms with Gasteiger partial charge in [0.05, 0.1) is 5.82 Å². The predicted molar refractivity (Wildman–Crippen MR) is 31.5 cm³/mol. The molecule has 3 N–H and O–H groups in total. The zero-order chi connectivity index (χ0) is 5.70. The van der Waals surface area contributed by atoms with Crippen molar-refractivity contribution >= 4 is 0 Å². The number of hydrogen-bond donors (Lipinski definition) is 2. The second-order valence-corrected chi connectivity index (χ2v) is 1.19. The largest absolute Gasteiger partial charge is 0.386 e. The Morgan fingerprint density at radius 1 is 1.86 bits per heavy atom. The van der Waals surface area contributed by atoms with Crippen LogP contribution in [0.5, 0.6) is 0 Å². The van der Waals surface area contributed by atoms with Crippen molar-refractivity contribution in [1.29, 1.82) is 0 Å². The maximum Gasteiger partial charge on any atom is 0.0888 e. The van der Waals surface area contributed by atoms with E-state index >= 15 is 0 Å². The standard InChI is InChI=1S/C5H10N2/c1-3-4-7-5(2)6/h3,7H,1-2,4,6H2.